The topological polar surface area (TPSA) is 95.6 Å². The van der Waals surface area contributed by atoms with Crippen LogP contribution in [0, 0.1) is 0 Å². The zero-order chi connectivity index (χ0) is 19.6. The second kappa shape index (κ2) is 8.31. The van der Waals surface area contributed by atoms with Gasteiger partial charge in [0, 0.05) is 0 Å². The summed E-state index contributed by atoms with van der Waals surface area (Å²) in [6.45, 7) is 2.88. The molecule has 2 aliphatic heterocycles. The first-order valence-corrected chi connectivity index (χ1v) is 11.4. The van der Waals surface area contributed by atoms with Gasteiger partial charge in [-0.05, 0) is 0 Å². The van der Waals surface area contributed by atoms with E-state index >= 15 is 0 Å². The summed E-state index contributed by atoms with van der Waals surface area (Å²) in [6.07, 6.45) is 1.25. The van der Waals surface area contributed by atoms with Crippen LogP contribution >= 0.6 is 12.2 Å². The monoisotopic (exact) mass is 448 g/mol. The van der Waals surface area contributed by atoms with Crippen LogP contribution in [0.1, 0.15) is 52.5 Å². The van der Waals surface area contributed by atoms with Gasteiger partial charge in [-0.3, -0.25) is 0 Å². The summed E-state index contributed by atoms with van der Waals surface area (Å²) >= 11 is 4.99. The average molecular weight is 448 g/mol. The number of fused-ring (bicyclic) bond motifs is 1. The number of piperidine rings is 1. The number of nitrogens with one attached hydrogen (secondary N) is 2. The van der Waals surface area contributed by atoms with Crippen molar-refractivity contribution in [3.05, 3.63) is 34.9 Å². The van der Waals surface area contributed by atoms with Crippen LogP contribution in [0.2, 0.25) is 0 Å². The molecule has 3 rings (SSSR count). The molecule has 27 heavy (non-hydrogen) atoms. The first kappa shape index (κ1) is 19.7. The molecular weight excluding hydrogens is 429 g/mol. The number of nitrogens with zero attached hydrogens (tertiary/aromatic N) is 1. The van der Waals surface area contributed by atoms with Crippen molar-refractivity contribution in [2.24, 2.45) is 0 Å². The molecule has 0 saturated carbocycles. The molecular formula is C18H19AsN3O4S. The Kier molecular flexibility index (Phi) is 6.07. The normalized spacial score (nSPS) is 19.6. The van der Waals surface area contributed by atoms with Crippen LogP contribution in [0.5, 0.6) is 0 Å². The Morgan fingerprint density at radius 1 is 1.30 bits per heavy atom. The fourth-order valence-corrected chi connectivity index (χ4v) is 5.28. The van der Waals surface area contributed by atoms with E-state index in [0.29, 0.717) is 16.3 Å². The maximum absolute atomic E-state index is 13.0. The summed E-state index contributed by atoms with van der Waals surface area (Å²) in [4.78, 5) is 50.2. The van der Waals surface area contributed by atoms with E-state index in [4.69, 9.17) is 12.2 Å². The summed E-state index contributed by atoms with van der Waals surface area (Å²) in [7, 11) is 0. The third-order valence-corrected chi connectivity index (χ3v) is 7.27. The van der Waals surface area contributed by atoms with Crippen molar-refractivity contribution in [3.63, 3.8) is 0 Å². The Bertz CT molecular complexity index is 842. The van der Waals surface area contributed by atoms with Crippen LogP contribution in [0.3, 0.4) is 0 Å². The Labute approximate surface area is 168 Å². The average Bonchev–Trinajstić information content (AvgIpc) is 2.90. The predicted molar refractivity (Wildman–Crippen MR) is 103 cm³/mol. The van der Waals surface area contributed by atoms with E-state index in [9.17, 15) is 19.2 Å². The fourth-order valence-electron chi connectivity index (χ4n) is 3.16. The van der Waals surface area contributed by atoms with E-state index in [2.05, 4.69) is 17.6 Å². The summed E-state index contributed by atoms with van der Waals surface area (Å²) < 4.78 is 0.810. The second-order valence-electron chi connectivity index (χ2n) is 6.34. The quantitative estimate of drug-likeness (QED) is 0.376. The zero-order valence-corrected chi connectivity index (χ0v) is 17.5. The van der Waals surface area contributed by atoms with Gasteiger partial charge in [0.05, 0.1) is 0 Å². The fraction of sp³-hybridized carbons (Fsp3) is 0.389. The number of benzene rings is 1. The van der Waals surface area contributed by atoms with E-state index in [1.807, 2.05) is 6.07 Å². The van der Waals surface area contributed by atoms with Gasteiger partial charge < -0.3 is 0 Å². The van der Waals surface area contributed by atoms with Crippen LogP contribution in [0.4, 0.5) is 0 Å². The molecule has 0 spiro atoms. The maximum atomic E-state index is 13.0. The number of thiocarbonyl (C=S) groups is 1. The number of rotatable bonds is 6. The molecule has 1 radical (unpaired) electrons. The number of carbonyl (C=O) groups excluding carboxylic acids is 4. The van der Waals surface area contributed by atoms with Crippen molar-refractivity contribution in [1.82, 2.24) is 15.5 Å². The molecule has 1 aromatic rings. The molecule has 1 aromatic carbocycles. The first-order chi connectivity index (χ1) is 12.9. The molecule has 1 unspecified atom stereocenters. The van der Waals surface area contributed by atoms with Crippen LogP contribution in [0.15, 0.2) is 18.2 Å². The van der Waals surface area contributed by atoms with Crippen molar-refractivity contribution < 1.29 is 19.2 Å². The molecule has 1 saturated heterocycles. The van der Waals surface area contributed by atoms with Gasteiger partial charge in [-0.1, -0.05) is 0 Å². The van der Waals surface area contributed by atoms with E-state index in [1.165, 1.54) is 0 Å². The third kappa shape index (κ3) is 3.96. The van der Waals surface area contributed by atoms with Crippen LogP contribution in [-0.2, 0) is 14.8 Å². The van der Waals surface area contributed by atoms with E-state index in [0.717, 1.165) is 27.2 Å². The van der Waals surface area contributed by atoms with Gasteiger partial charge in [0.25, 0.3) is 0 Å². The van der Waals surface area contributed by atoms with Gasteiger partial charge in [0.1, 0.15) is 0 Å². The molecule has 2 aliphatic rings. The summed E-state index contributed by atoms with van der Waals surface area (Å²) in [5, 5.41) is 6.01. The number of hydrogen-bond acceptors (Lipinski definition) is 5. The molecule has 1 atom stereocenters. The zero-order valence-electron chi connectivity index (χ0n) is 14.8. The summed E-state index contributed by atoms with van der Waals surface area (Å²) in [6, 6.07) is 4.24. The standard InChI is InChI=1S/C18H19AsN3O4S/c1-2-8-20-18(27)19-9-10-4-3-5-11-14(10)17(26)22(16(11)25)12-6-7-13(23)21-15(12)24/h3-5,12H,2,6-9H2,1H3,(H,20,27)(H,21,23,24). The van der Waals surface area contributed by atoms with Crippen LogP contribution in [0.25, 0.3) is 0 Å². The number of amides is 4. The molecule has 0 aliphatic carbocycles. The Morgan fingerprint density at radius 3 is 2.78 bits per heavy atom. The number of imide groups is 2. The number of carbonyl (C=O) groups is 4. The van der Waals surface area contributed by atoms with Crippen molar-refractivity contribution >= 4 is 55.4 Å². The van der Waals surface area contributed by atoms with Gasteiger partial charge in [0.2, 0.25) is 0 Å². The van der Waals surface area contributed by atoms with Gasteiger partial charge in [-0.2, -0.15) is 0 Å². The Hall–Kier alpha value is -2.05. The van der Waals surface area contributed by atoms with E-state index in [1.54, 1.807) is 12.1 Å². The summed E-state index contributed by atoms with van der Waals surface area (Å²) in [5.41, 5.74) is 1.46. The summed E-state index contributed by atoms with van der Waals surface area (Å²) in [5.74, 6) is -1.92. The van der Waals surface area contributed by atoms with E-state index in [-0.39, 0.29) is 34.5 Å². The van der Waals surface area contributed by atoms with Gasteiger partial charge in [0.15, 0.2) is 0 Å². The Morgan fingerprint density at radius 2 is 2.07 bits per heavy atom. The molecule has 0 bridgehead atoms. The Balaban J connectivity index is 1.81. The molecule has 7 nitrogen and oxygen atoms in total. The van der Waals surface area contributed by atoms with Gasteiger partial charge >= 0.3 is 169 Å². The van der Waals surface area contributed by atoms with Crippen molar-refractivity contribution in [2.45, 2.75) is 37.4 Å². The van der Waals surface area contributed by atoms with Gasteiger partial charge in [-0.25, -0.2) is 0 Å². The number of hydrogen-bond donors (Lipinski definition) is 2. The predicted octanol–water partition coefficient (Wildman–Crippen LogP) is 0.576. The third-order valence-electron chi connectivity index (χ3n) is 4.47. The minimum atomic E-state index is -0.941. The van der Waals surface area contributed by atoms with Crippen LogP contribution in [-0.4, -0.2) is 60.6 Å². The van der Waals surface area contributed by atoms with Crippen molar-refractivity contribution in [1.29, 1.82) is 0 Å². The SMILES string of the molecule is CCCNC(=S)[As]Cc1cccc2c1C(=O)N(C1CCC(=O)NC1=O)C2=O. The molecule has 2 heterocycles. The molecule has 1 fully saturated rings. The molecule has 0 aromatic heterocycles. The molecule has 4 amide bonds. The minimum absolute atomic E-state index is 0.110. The molecule has 2 N–H and O–H groups in total. The second-order valence-corrected chi connectivity index (χ2v) is 9.67. The van der Waals surface area contributed by atoms with Gasteiger partial charge in [-0.15, -0.1) is 0 Å². The molecule has 141 valence electrons. The van der Waals surface area contributed by atoms with E-state index < -0.39 is 23.8 Å². The first-order valence-electron chi connectivity index (χ1n) is 8.72. The van der Waals surface area contributed by atoms with Crippen molar-refractivity contribution in [2.75, 3.05) is 6.54 Å². The van der Waals surface area contributed by atoms with Crippen molar-refractivity contribution in [3.8, 4) is 0 Å². The van der Waals surface area contributed by atoms with Crippen LogP contribution < -0.4 is 10.6 Å². The molecule has 9 heteroatoms.